The van der Waals surface area contributed by atoms with Gasteiger partial charge in [0, 0.05) is 6.04 Å². The van der Waals surface area contributed by atoms with Crippen LogP contribution in [0.3, 0.4) is 0 Å². The van der Waals surface area contributed by atoms with E-state index in [4.69, 9.17) is 23.2 Å². The fourth-order valence-electron chi connectivity index (χ4n) is 2.57. The molecule has 19 heavy (non-hydrogen) atoms. The second-order valence-corrected chi connectivity index (χ2v) is 5.81. The highest BCUT2D eigenvalue weighted by Crippen LogP contribution is 2.40. The number of anilines is 1. The van der Waals surface area contributed by atoms with E-state index in [9.17, 15) is 0 Å². The SMILES string of the molecule is Clc1cccc(NC2CC(c3ccccc3)C2)c1Cl. The van der Waals surface area contributed by atoms with Gasteiger partial charge in [-0.1, -0.05) is 59.6 Å². The third-order valence-electron chi connectivity index (χ3n) is 3.72. The van der Waals surface area contributed by atoms with Crippen molar-refractivity contribution in [2.75, 3.05) is 5.32 Å². The molecule has 98 valence electrons. The summed E-state index contributed by atoms with van der Waals surface area (Å²) in [6.45, 7) is 0. The highest BCUT2D eigenvalue weighted by molar-refractivity contribution is 6.43. The lowest BCUT2D eigenvalue weighted by Gasteiger charge is -2.37. The quantitative estimate of drug-likeness (QED) is 0.804. The molecule has 0 bridgehead atoms. The summed E-state index contributed by atoms with van der Waals surface area (Å²) >= 11 is 12.2. The smallest absolute Gasteiger partial charge is 0.0823 e. The predicted molar refractivity (Wildman–Crippen MR) is 82.3 cm³/mol. The molecule has 3 heteroatoms. The normalized spacial score (nSPS) is 21.8. The molecule has 1 aliphatic carbocycles. The maximum Gasteiger partial charge on any atom is 0.0823 e. The highest BCUT2D eigenvalue weighted by Gasteiger charge is 2.30. The molecule has 0 spiro atoms. The first-order chi connectivity index (χ1) is 9.24. The molecule has 0 aromatic heterocycles. The minimum atomic E-state index is 0.487. The van der Waals surface area contributed by atoms with E-state index in [1.807, 2.05) is 18.2 Å². The summed E-state index contributed by atoms with van der Waals surface area (Å²) in [6, 6.07) is 16.9. The third kappa shape index (κ3) is 2.72. The Morgan fingerprint density at radius 2 is 1.63 bits per heavy atom. The minimum absolute atomic E-state index is 0.487. The van der Waals surface area contributed by atoms with Gasteiger partial charge >= 0.3 is 0 Å². The molecule has 1 nitrogen and oxygen atoms in total. The summed E-state index contributed by atoms with van der Waals surface area (Å²) in [7, 11) is 0. The van der Waals surface area contributed by atoms with Gasteiger partial charge in [0.2, 0.25) is 0 Å². The average molecular weight is 292 g/mol. The summed E-state index contributed by atoms with van der Waals surface area (Å²) in [4.78, 5) is 0. The molecule has 0 radical (unpaired) electrons. The van der Waals surface area contributed by atoms with E-state index in [2.05, 4.69) is 35.6 Å². The van der Waals surface area contributed by atoms with Gasteiger partial charge in [-0.25, -0.2) is 0 Å². The van der Waals surface area contributed by atoms with Gasteiger partial charge in [-0.05, 0) is 36.5 Å². The number of hydrogen-bond donors (Lipinski definition) is 1. The first-order valence-corrected chi connectivity index (χ1v) is 7.25. The summed E-state index contributed by atoms with van der Waals surface area (Å²) in [5.74, 6) is 0.664. The minimum Gasteiger partial charge on any atom is -0.381 e. The van der Waals surface area contributed by atoms with Crippen molar-refractivity contribution in [1.29, 1.82) is 0 Å². The van der Waals surface area contributed by atoms with E-state index < -0.39 is 0 Å². The fourth-order valence-corrected chi connectivity index (χ4v) is 2.92. The molecule has 3 rings (SSSR count). The van der Waals surface area contributed by atoms with Crippen molar-refractivity contribution in [2.45, 2.75) is 24.8 Å². The first-order valence-electron chi connectivity index (χ1n) is 6.49. The number of nitrogens with one attached hydrogen (secondary N) is 1. The Morgan fingerprint density at radius 3 is 2.37 bits per heavy atom. The largest absolute Gasteiger partial charge is 0.381 e. The van der Waals surface area contributed by atoms with Gasteiger partial charge in [-0.3, -0.25) is 0 Å². The van der Waals surface area contributed by atoms with Crippen LogP contribution in [0.4, 0.5) is 5.69 Å². The van der Waals surface area contributed by atoms with Crippen LogP contribution in [0.5, 0.6) is 0 Å². The predicted octanol–water partition coefficient (Wildman–Crippen LogP) is 5.35. The van der Waals surface area contributed by atoms with Gasteiger partial charge in [-0.15, -0.1) is 0 Å². The Morgan fingerprint density at radius 1 is 0.895 bits per heavy atom. The van der Waals surface area contributed by atoms with Gasteiger partial charge in [-0.2, -0.15) is 0 Å². The van der Waals surface area contributed by atoms with E-state index in [1.165, 1.54) is 5.56 Å². The monoisotopic (exact) mass is 291 g/mol. The number of halogens is 2. The van der Waals surface area contributed by atoms with E-state index in [0.717, 1.165) is 18.5 Å². The van der Waals surface area contributed by atoms with Crippen molar-refractivity contribution in [3.05, 3.63) is 64.1 Å². The standard InChI is InChI=1S/C16H15Cl2N/c17-14-7-4-8-15(16(14)18)19-13-9-12(10-13)11-5-2-1-3-6-11/h1-8,12-13,19H,9-10H2. The third-order valence-corrected chi connectivity index (χ3v) is 4.54. The molecule has 1 saturated carbocycles. The zero-order chi connectivity index (χ0) is 13.2. The van der Waals surface area contributed by atoms with Crippen molar-refractivity contribution < 1.29 is 0 Å². The molecule has 0 heterocycles. The van der Waals surface area contributed by atoms with Gasteiger partial charge < -0.3 is 5.32 Å². The van der Waals surface area contributed by atoms with Crippen molar-refractivity contribution in [3.8, 4) is 0 Å². The van der Waals surface area contributed by atoms with Gasteiger partial charge in [0.25, 0.3) is 0 Å². The van der Waals surface area contributed by atoms with Crippen LogP contribution in [-0.2, 0) is 0 Å². The van der Waals surface area contributed by atoms with E-state index in [1.54, 1.807) is 0 Å². The van der Waals surface area contributed by atoms with Gasteiger partial charge in [0.15, 0.2) is 0 Å². The zero-order valence-electron chi connectivity index (χ0n) is 10.4. The molecule has 0 aliphatic heterocycles. The lowest BCUT2D eigenvalue weighted by molar-refractivity contribution is 0.374. The van der Waals surface area contributed by atoms with Crippen LogP contribution in [0.1, 0.15) is 24.3 Å². The summed E-state index contributed by atoms with van der Waals surface area (Å²) in [5, 5.41) is 4.69. The second-order valence-electron chi connectivity index (χ2n) is 5.02. The van der Waals surface area contributed by atoms with Crippen molar-refractivity contribution >= 4 is 28.9 Å². The van der Waals surface area contributed by atoms with E-state index >= 15 is 0 Å². The van der Waals surface area contributed by atoms with Crippen LogP contribution in [0.15, 0.2) is 48.5 Å². The first kappa shape index (κ1) is 12.8. The van der Waals surface area contributed by atoms with Gasteiger partial charge in [0.1, 0.15) is 0 Å². The molecule has 0 atom stereocenters. The molecule has 0 saturated heterocycles. The van der Waals surface area contributed by atoms with Crippen molar-refractivity contribution in [2.24, 2.45) is 0 Å². The fraction of sp³-hybridized carbons (Fsp3) is 0.250. The lowest BCUT2D eigenvalue weighted by Crippen LogP contribution is -2.34. The number of hydrogen-bond acceptors (Lipinski definition) is 1. The summed E-state index contributed by atoms with van der Waals surface area (Å²) < 4.78 is 0. The Balaban J connectivity index is 1.61. The van der Waals surface area contributed by atoms with Crippen molar-refractivity contribution in [1.82, 2.24) is 0 Å². The highest BCUT2D eigenvalue weighted by atomic mass is 35.5. The van der Waals surface area contributed by atoms with Crippen molar-refractivity contribution in [3.63, 3.8) is 0 Å². The van der Waals surface area contributed by atoms with E-state index in [0.29, 0.717) is 22.0 Å². The Kier molecular flexibility index (Phi) is 3.67. The molecular formula is C16H15Cl2N. The Hall–Kier alpha value is -1.18. The molecule has 0 unspecified atom stereocenters. The molecule has 0 amide bonds. The molecule has 1 N–H and O–H groups in total. The van der Waals surface area contributed by atoms with Crippen LogP contribution in [-0.4, -0.2) is 6.04 Å². The maximum atomic E-state index is 6.18. The number of rotatable bonds is 3. The maximum absolute atomic E-state index is 6.18. The van der Waals surface area contributed by atoms with E-state index in [-0.39, 0.29) is 0 Å². The molecule has 2 aromatic rings. The average Bonchev–Trinajstić information content (AvgIpc) is 2.39. The molecule has 2 aromatic carbocycles. The van der Waals surface area contributed by atoms with Crippen LogP contribution in [0.2, 0.25) is 10.0 Å². The molecule has 1 aliphatic rings. The Labute approximate surface area is 123 Å². The Bertz CT molecular complexity index is 562. The second kappa shape index (κ2) is 5.44. The summed E-state index contributed by atoms with van der Waals surface area (Å²) in [5.41, 5.74) is 2.36. The molecular weight excluding hydrogens is 277 g/mol. The summed E-state index contributed by atoms with van der Waals surface area (Å²) in [6.07, 6.45) is 2.29. The topological polar surface area (TPSA) is 12.0 Å². The van der Waals surface area contributed by atoms with Crippen LogP contribution in [0.25, 0.3) is 0 Å². The van der Waals surface area contributed by atoms with Gasteiger partial charge in [0.05, 0.1) is 15.7 Å². The lowest BCUT2D eigenvalue weighted by atomic mass is 9.76. The van der Waals surface area contributed by atoms with Crippen LogP contribution < -0.4 is 5.32 Å². The van der Waals surface area contributed by atoms with Crippen LogP contribution in [0, 0.1) is 0 Å². The van der Waals surface area contributed by atoms with Crippen LogP contribution >= 0.6 is 23.2 Å². The number of benzene rings is 2. The molecule has 1 fully saturated rings. The zero-order valence-corrected chi connectivity index (χ0v) is 12.0.